The topological polar surface area (TPSA) is 93.2 Å². The number of anilines is 1. The molecule has 4 rings (SSSR count). The van der Waals surface area contributed by atoms with E-state index in [1.165, 1.54) is 55.9 Å². The third-order valence-electron chi connectivity index (χ3n) is 5.41. The first kappa shape index (κ1) is 18.3. The SMILES string of the molecule is O=C(COc1ncc(C(=O)Nc2ccc(F)cc2)cn1)NC1CC2CCC1C2. The molecule has 3 unspecified atom stereocenters. The molecule has 146 valence electrons. The zero-order valence-electron chi connectivity index (χ0n) is 15.2. The standard InChI is InChI=1S/C20H21FN4O3/c21-15-3-5-16(6-4-15)24-19(27)14-9-22-20(23-10-14)28-11-18(26)25-17-8-12-1-2-13(17)7-12/h3-6,9-10,12-13,17H,1-2,7-8,11H2,(H,24,27)(H,25,26). The van der Waals surface area contributed by atoms with Crippen molar-refractivity contribution >= 4 is 17.5 Å². The fourth-order valence-electron chi connectivity index (χ4n) is 4.04. The highest BCUT2D eigenvalue weighted by molar-refractivity contribution is 6.03. The Hall–Kier alpha value is -3.03. The summed E-state index contributed by atoms with van der Waals surface area (Å²) in [5.74, 6) is 0.371. The van der Waals surface area contributed by atoms with E-state index in [1.54, 1.807) is 0 Å². The molecule has 2 saturated carbocycles. The second kappa shape index (κ2) is 7.92. The van der Waals surface area contributed by atoms with E-state index in [1.807, 2.05) is 0 Å². The van der Waals surface area contributed by atoms with Crippen LogP contribution in [0.5, 0.6) is 6.01 Å². The second-order valence-corrected chi connectivity index (χ2v) is 7.35. The minimum atomic E-state index is -0.424. The molecule has 7 nitrogen and oxygen atoms in total. The van der Waals surface area contributed by atoms with Crippen LogP contribution in [0.1, 0.15) is 36.0 Å². The van der Waals surface area contributed by atoms with Gasteiger partial charge in [0.15, 0.2) is 6.61 Å². The van der Waals surface area contributed by atoms with Gasteiger partial charge in [-0.05, 0) is 55.4 Å². The van der Waals surface area contributed by atoms with Gasteiger partial charge in [0.1, 0.15) is 5.82 Å². The molecular formula is C20H21FN4O3. The largest absolute Gasteiger partial charge is 0.453 e. The number of fused-ring (bicyclic) bond motifs is 2. The van der Waals surface area contributed by atoms with E-state index in [0.717, 1.165) is 12.3 Å². The monoisotopic (exact) mass is 384 g/mol. The number of carbonyl (C=O) groups excluding carboxylic acids is 2. The van der Waals surface area contributed by atoms with Crippen molar-refractivity contribution in [3.63, 3.8) is 0 Å². The van der Waals surface area contributed by atoms with Crippen molar-refractivity contribution in [1.29, 1.82) is 0 Å². The van der Waals surface area contributed by atoms with Crippen LogP contribution in [-0.2, 0) is 4.79 Å². The lowest BCUT2D eigenvalue weighted by atomic mass is 9.95. The Morgan fingerprint density at radius 3 is 2.50 bits per heavy atom. The molecule has 2 amide bonds. The highest BCUT2D eigenvalue weighted by Gasteiger charge is 2.40. The Morgan fingerprint density at radius 1 is 1.11 bits per heavy atom. The van der Waals surface area contributed by atoms with Gasteiger partial charge in [0.05, 0.1) is 5.56 Å². The van der Waals surface area contributed by atoms with Gasteiger partial charge in [-0.3, -0.25) is 9.59 Å². The van der Waals surface area contributed by atoms with Crippen LogP contribution in [0.3, 0.4) is 0 Å². The number of benzene rings is 1. The van der Waals surface area contributed by atoms with Gasteiger partial charge in [-0.2, -0.15) is 0 Å². The van der Waals surface area contributed by atoms with Gasteiger partial charge in [0.25, 0.3) is 11.8 Å². The molecule has 0 saturated heterocycles. The third kappa shape index (κ3) is 4.27. The summed E-state index contributed by atoms with van der Waals surface area (Å²) in [5, 5.41) is 5.65. The summed E-state index contributed by atoms with van der Waals surface area (Å²) in [5.41, 5.74) is 0.687. The maximum absolute atomic E-state index is 12.9. The lowest BCUT2D eigenvalue weighted by molar-refractivity contribution is -0.124. The average molecular weight is 384 g/mol. The Balaban J connectivity index is 1.25. The predicted octanol–water partition coefficient (Wildman–Crippen LogP) is 2.55. The number of rotatable bonds is 6. The summed E-state index contributed by atoms with van der Waals surface area (Å²) in [6.07, 6.45) is 7.38. The van der Waals surface area contributed by atoms with Crippen LogP contribution in [-0.4, -0.2) is 34.4 Å². The molecule has 1 aromatic carbocycles. The van der Waals surface area contributed by atoms with Crippen molar-refractivity contribution in [2.45, 2.75) is 31.7 Å². The Kier molecular flexibility index (Phi) is 5.18. The number of halogens is 1. The van der Waals surface area contributed by atoms with Crippen molar-refractivity contribution in [2.24, 2.45) is 11.8 Å². The average Bonchev–Trinajstić information content (AvgIpc) is 3.32. The van der Waals surface area contributed by atoms with E-state index in [-0.39, 0.29) is 35.9 Å². The van der Waals surface area contributed by atoms with E-state index in [0.29, 0.717) is 11.6 Å². The van der Waals surface area contributed by atoms with Crippen molar-refractivity contribution in [3.05, 3.63) is 48.0 Å². The molecule has 1 aromatic heterocycles. The molecule has 1 heterocycles. The van der Waals surface area contributed by atoms with Gasteiger partial charge in [-0.25, -0.2) is 14.4 Å². The molecule has 2 aliphatic rings. The molecule has 0 spiro atoms. The van der Waals surface area contributed by atoms with Gasteiger partial charge in [-0.1, -0.05) is 6.42 Å². The van der Waals surface area contributed by atoms with Crippen LogP contribution >= 0.6 is 0 Å². The first-order valence-corrected chi connectivity index (χ1v) is 9.38. The van der Waals surface area contributed by atoms with Crippen molar-refractivity contribution < 1.29 is 18.7 Å². The van der Waals surface area contributed by atoms with Gasteiger partial charge >= 0.3 is 6.01 Å². The summed E-state index contributed by atoms with van der Waals surface area (Å²) in [6.45, 7) is -0.158. The minimum absolute atomic E-state index is 0.0291. The van der Waals surface area contributed by atoms with Crippen molar-refractivity contribution in [1.82, 2.24) is 15.3 Å². The van der Waals surface area contributed by atoms with E-state index in [4.69, 9.17) is 4.74 Å². The quantitative estimate of drug-likeness (QED) is 0.798. The zero-order chi connectivity index (χ0) is 19.5. The minimum Gasteiger partial charge on any atom is -0.453 e. The molecule has 3 atom stereocenters. The second-order valence-electron chi connectivity index (χ2n) is 7.35. The number of nitrogens with zero attached hydrogens (tertiary/aromatic N) is 2. The number of amides is 2. The molecule has 2 aromatic rings. The van der Waals surface area contributed by atoms with E-state index >= 15 is 0 Å². The maximum Gasteiger partial charge on any atom is 0.316 e. The number of hydrogen-bond donors (Lipinski definition) is 2. The van der Waals surface area contributed by atoms with Crippen molar-refractivity contribution in [2.75, 3.05) is 11.9 Å². The van der Waals surface area contributed by atoms with Crippen LogP contribution in [0.2, 0.25) is 0 Å². The fraction of sp³-hybridized carbons (Fsp3) is 0.400. The van der Waals surface area contributed by atoms with Crippen LogP contribution < -0.4 is 15.4 Å². The molecule has 0 aliphatic heterocycles. The van der Waals surface area contributed by atoms with E-state index in [9.17, 15) is 14.0 Å². The molecule has 28 heavy (non-hydrogen) atoms. The normalized spacial score (nSPS) is 22.7. The summed E-state index contributed by atoms with van der Waals surface area (Å²) in [6, 6.07) is 5.71. The molecule has 2 N–H and O–H groups in total. The fourth-order valence-corrected chi connectivity index (χ4v) is 4.04. The zero-order valence-corrected chi connectivity index (χ0v) is 15.2. The number of ether oxygens (including phenoxy) is 1. The summed E-state index contributed by atoms with van der Waals surface area (Å²) in [4.78, 5) is 32.1. The molecule has 2 bridgehead atoms. The first-order chi connectivity index (χ1) is 13.6. The molecule has 2 aliphatic carbocycles. The van der Waals surface area contributed by atoms with Crippen LogP contribution in [0.15, 0.2) is 36.7 Å². The molecule has 2 fully saturated rings. The Labute approximate surface area is 161 Å². The number of aromatic nitrogens is 2. The van der Waals surface area contributed by atoms with E-state index in [2.05, 4.69) is 20.6 Å². The maximum atomic E-state index is 12.9. The van der Waals surface area contributed by atoms with Crippen molar-refractivity contribution in [3.8, 4) is 6.01 Å². The Morgan fingerprint density at radius 2 is 1.86 bits per heavy atom. The predicted molar refractivity (Wildman–Crippen MR) is 99.3 cm³/mol. The van der Waals surface area contributed by atoms with Crippen LogP contribution in [0.25, 0.3) is 0 Å². The highest BCUT2D eigenvalue weighted by Crippen LogP contribution is 2.44. The summed E-state index contributed by atoms with van der Waals surface area (Å²) >= 11 is 0. The van der Waals surface area contributed by atoms with Gasteiger partial charge in [-0.15, -0.1) is 0 Å². The number of hydrogen-bond acceptors (Lipinski definition) is 5. The number of carbonyl (C=O) groups is 2. The smallest absolute Gasteiger partial charge is 0.316 e. The first-order valence-electron chi connectivity index (χ1n) is 9.38. The third-order valence-corrected chi connectivity index (χ3v) is 5.41. The van der Waals surface area contributed by atoms with E-state index < -0.39 is 5.91 Å². The summed E-state index contributed by atoms with van der Waals surface area (Å²) < 4.78 is 18.2. The lowest BCUT2D eigenvalue weighted by Gasteiger charge is -2.22. The summed E-state index contributed by atoms with van der Waals surface area (Å²) in [7, 11) is 0. The Bertz CT molecular complexity index is 857. The van der Waals surface area contributed by atoms with Crippen LogP contribution in [0, 0.1) is 17.7 Å². The molecule has 0 radical (unpaired) electrons. The molecular weight excluding hydrogens is 363 g/mol. The van der Waals surface area contributed by atoms with Gasteiger partial charge in [0, 0.05) is 24.1 Å². The highest BCUT2D eigenvalue weighted by atomic mass is 19.1. The van der Waals surface area contributed by atoms with Crippen LogP contribution in [0.4, 0.5) is 10.1 Å². The lowest BCUT2D eigenvalue weighted by Crippen LogP contribution is -2.41. The molecule has 8 heteroatoms. The number of nitrogens with one attached hydrogen (secondary N) is 2. The van der Waals surface area contributed by atoms with Gasteiger partial charge < -0.3 is 15.4 Å². The van der Waals surface area contributed by atoms with Gasteiger partial charge in [0.2, 0.25) is 0 Å².